The number of Topliss-reactive ketones (excluding diaryl/α,β-unsaturated/α-hetero) is 1. The Kier molecular flexibility index (Phi) is 5.31. The van der Waals surface area contributed by atoms with E-state index in [1.54, 1.807) is 12.1 Å². The van der Waals surface area contributed by atoms with Crippen molar-refractivity contribution in [3.63, 3.8) is 0 Å². The van der Waals surface area contributed by atoms with Gasteiger partial charge in [0.2, 0.25) is 0 Å². The van der Waals surface area contributed by atoms with E-state index in [4.69, 9.17) is 9.15 Å². The molecule has 0 bridgehead atoms. The number of ketones is 1. The molecule has 4 rings (SSSR count). The summed E-state index contributed by atoms with van der Waals surface area (Å²) in [6.07, 6.45) is 2.82. The number of hydrogen-bond donors (Lipinski definition) is 1. The number of hydrogen-bond acceptors (Lipinski definition) is 6. The lowest BCUT2D eigenvalue weighted by molar-refractivity contribution is 0.0547. The second kappa shape index (κ2) is 8.04. The Morgan fingerprint density at radius 2 is 1.89 bits per heavy atom. The zero-order valence-corrected chi connectivity index (χ0v) is 15.6. The lowest BCUT2D eigenvalue weighted by atomic mass is 9.94. The van der Waals surface area contributed by atoms with Gasteiger partial charge >= 0.3 is 0 Å². The van der Waals surface area contributed by atoms with Crippen LogP contribution in [0.4, 0.5) is 9.52 Å². The topological polar surface area (TPSA) is 81.4 Å². The molecule has 3 heterocycles. The largest absolute Gasteiger partial charge is 0.463 e. The van der Waals surface area contributed by atoms with Gasteiger partial charge in [-0.3, -0.25) is 14.9 Å². The van der Waals surface area contributed by atoms with E-state index < -0.39 is 11.7 Å². The normalized spacial score (nSPS) is 14.8. The van der Waals surface area contributed by atoms with Crippen LogP contribution in [0.15, 0.2) is 47.1 Å². The van der Waals surface area contributed by atoms with Gasteiger partial charge in [-0.05, 0) is 49.2 Å². The number of aromatic nitrogens is 1. The van der Waals surface area contributed by atoms with Crippen molar-refractivity contribution in [3.05, 3.63) is 58.9 Å². The number of rotatable bonds is 5. The van der Waals surface area contributed by atoms with E-state index >= 15 is 0 Å². The molecule has 0 saturated carbocycles. The number of carbonyl (C=O) groups is 2. The van der Waals surface area contributed by atoms with Gasteiger partial charge in [-0.15, -0.1) is 0 Å². The molecule has 2 aromatic heterocycles. The molecule has 1 fully saturated rings. The van der Waals surface area contributed by atoms with Gasteiger partial charge in [0.05, 0.1) is 6.26 Å². The maximum Gasteiger partial charge on any atom is 0.257 e. The molecule has 0 radical (unpaired) electrons. The lowest BCUT2D eigenvalue weighted by Crippen LogP contribution is -2.23. The molecule has 1 aromatic carbocycles. The van der Waals surface area contributed by atoms with Crippen molar-refractivity contribution in [2.45, 2.75) is 12.8 Å². The number of amides is 1. The van der Waals surface area contributed by atoms with Crippen molar-refractivity contribution < 1.29 is 23.1 Å². The molecule has 1 amide bonds. The van der Waals surface area contributed by atoms with Crippen LogP contribution in [0.5, 0.6) is 0 Å². The van der Waals surface area contributed by atoms with E-state index in [1.807, 2.05) is 0 Å². The Bertz CT molecular complexity index is 976. The lowest BCUT2D eigenvalue weighted by Gasteiger charge is -2.20. The number of furan rings is 1. The van der Waals surface area contributed by atoms with Gasteiger partial charge < -0.3 is 9.15 Å². The van der Waals surface area contributed by atoms with Gasteiger partial charge in [0.25, 0.3) is 5.91 Å². The number of nitrogens with zero attached hydrogens (tertiary/aromatic N) is 1. The molecule has 28 heavy (non-hydrogen) atoms. The van der Waals surface area contributed by atoms with E-state index in [2.05, 4.69) is 10.3 Å². The highest BCUT2D eigenvalue weighted by Crippen LogP contribution is 2.35. The Morgan fingerprint density at radius 1 is 1.14 bits per heavy atom. The standard InChI is InChI=1S/C20H17FN2O4S/c21-14-5-3-13(4-6-14)19(25)23-20-22-16(15-2-1-9-27-15)18(28-20)17(24)12-7-10-26-11-8-12/h1-6,9,12H,7-8,10-11H2,(H,22,23,25). The van der Waals surface area contributed by atoms with Crippen LogP contribution in [-0.4, -0.2) is 29.9 Å². The van der Waals surface area contributed by atoms with E-state index in [0.717, 1.165) is 11.3 Å². The third kappa shape index (κ3) is 3.88. The molecule has 0 unspecified atom stereocenters. The molecular formula is C20H17FN2O4S. The maximum atomic E-state index is 13.1. The zero-order valence-electron chi connectivity index (χ0n) is 14.8. The van der Waals surface area contributed by atoms with Crippen LogP contribution < -0.4 is 5.32 Å². The monoisotopic (exact) mass is 400 g/mol. The number of halogens is 1. The van der Waals surface area contributed by atoms with Crippen LogP contribution in [0.1, 0.15) is 32.9 Å². The summed E-state index contributed by atoms with van der Waals surface area (Å²) in [4.78, 5) is 30.3. The minimum Gasteiger partial charge on any atom is -0.463 e. The molecule has 1 aliphatic heterocycles. The van der Waals surface area contributed by atoms with Crippen molar-refractivity contribution in [1.29, 1.82) is 0 Å². The van der Waals surface area contributed by atoms with Gasteiger partial charge in [-0.1, -0.05) is 11.3 Å². The Balaban J connectivity index is 1.62. The summed E-state index contributed by atoms with van der Waals surface area (Å²) in [5, 5.41) is 2.97. The molecule has 6 nitrogen and oxygen atoms in total. The van der Waals surface area contributed by atoms with E-state index in [0.29, 0.717) is 48.0 Å². The van der Waals surface area contributed by atoms with Crippen molar-refractivity contribution >= 4 is 28.2 Å². The van der Waals surface area contributed by atoms with Crippen LogP contribution >= 0.6 is 11.3 Å². The number of ether oxygens (including phenoxy) is 1. The predicted molar refractivity (Wildman–Crippen MR) is 102 cm³/mol. The average molecular weight is 400 g/mol. The second-order valence-corrected chi connectivity index (χ2v) is 7.39. The smallest absolute Gasteiger partial charge is 0.257 e. The first-order valence-corrected chi connectivity index (χ1v) is 9.67. The highest BCUT2D eigenvalue weighted by molar-refractivity contribution is 7.18. The molecule has 0 aliphatic carbocycles. The first kappa shape index (κ1) is 18.5. The zero-order chi connectivity index (χ0) is 19.5. The summed E-state index contributed by atoms with van der Waals surface area (Å²) in [6.45, 7) is 1.11. The van der Waals surface area contributed by atoms with Gasteiger partial charge in [-0.2, -0.15) is 0 Å². The van der Waals surface area contributed by atoms with E-state index in [9.17, 15) is 14.0 Å². The second-order valence-electron chi connectivity index (χ2n) is 6.39. The van der Waals surface area contributed by atoms with E-state index in [1.165, 1.54) is 30.5 Å². The number of nitrogens with one attached hydrogen (secondary N) is 1. The molecule has 1 saturated heterocycles. The average Bonchev–Trinajstić information content (AvgIpc) is 3.38. The van der Waals surface area contributed by atoms with Crippen molar-refractivity contribution in [2.24, 2.45) is 5.92 Å². The third-order valence-electron chi connectivity index (χ3n) is 4.52. The summed E-state index contributed by atoms with van der Waals surface area (Å²) in [5.74, 6) is -0.535. The van der Waals surface area contributed by atoms with Gasteiger partial charge in [0.15, 0.2) is 16.7 Å². The van der Waals surface area contributed by atoms with Crippen molar-refractivity contribution in [2.75, 3.05) is 18.5 Å². The van der Waals surface area contributed by atoms with Crippen LogP contribution in [0.3, 0.4) is 0 Å². The first-order chi connectivity index (χ1) is 13.6. The Hall–Kier alpha value is -2.84. The van der Waals surface area contributed by atoms with Crippen molar-refractivity contribution in [3.8, 4) is 11.5 Å². The molecule has 0 atom stereocenters. The highest BCUT2D eigenvalue weighted by Gasteiger charge is 2.29. The molecular weight excluding hydrogens is 383 g/mol. The fourth-order valence-corrected chi connectivity index (χ4v) is 4.02. The fraction of sp³-hybridized carbons (Fsp3) is 0.250. The summed E-state index contributed by atoms with van der Waals surface area (Å²) in [5.41, 5.74) is 0.717. The third-order valence-corrected chi connectivity index (χ3v) is 5.51. The highest BCUT2D eigenvalue weighted by atomic mass is 32.1. The summed E-state index contributed by atoms with van der Waals surface area (Å²) in [6, 6.07) is 8.64. The summed E-state index contributed by atoms with van der Waals surface area (Å²) < 4.78 is 23.8. The molecule has 1 aliphatic rings. The Labute approximate surface area is 164 Å². The van der Waals surface area contributed by atoms with E-state index in [-0.39, 0.29) is 16.8 Å². The Morgan fingerprint density at radius 3 is 2.57 bits per heavy atom. The predicted octanol–water partition coefficient (Wildman–Crippen LogP) is 4.40. The van der Waals surface area contributed by atoms with Gasteiger partial charge in [0.1, 0.15) is 16.4 Å². The number of carbonyl (C=O) groups excluding carboxylic acids is 2. The van der Waals surface area contributed by atoms with Crippen LogP contribution in [0.25, 0.3) is 11.5 Å². The molecule has 8 heteroatoms. The SMILES string of the molecule is O=C(Nc1nc(-c2ccco2)c(C(=O)C2CCOCC2)s1)c1ccc(F)cc1. The fourth-order valence-electron chi connectivity index (χ4n) is 3.04. The van der Waals surface area contributed by atoms with Gasteiger partial charge in [-0.25, -0.2) is 9.37 Å². The van der Waals surface area contributed by atoms with Crippen molar-refractivity contribution in [1.82, 2.24) is 4.98 Å². The quantitative estimate of drug-likeness (QED) is 0.642. The maximum absolute atomic E-state index is 13.1. The van der Waals surface area contributed by atoms with Crippen LogP contribution in [0.2, 0.25) is 0 Å². The van der Waals surface area contributed by atoms with Gasteiger partial charge in [0, 0.05) is 24.7 Å². The first-order valence-electron chi connectivity index (χ1n) is 8.85. The van der Waals surface area contributed by atoms with Crippen LogP contribution in [-0.2, 0) is 4.74 Å². The molecule has 144 valence electrons. The number of thiazole rings is 1. The van der Waals surface area contributed by atoms with Crippen LogP contribution in [0, 0.1) is 11.7 Å². The minimum atomic E-state index is -0.426. The summed E-state index contributed by atoms with van der Waals surface area (Å²) in [7, 11) is 0. The molecule has 1 N–H and O–H groups in total. The minimum absolute atomic E-state index is 0.0190. The number of anilines is 1. The summed E-state index contributed by atoms with van der Waals surface area (Å²) >= 11 is 1.12. The molecule has 3 aromatic rings. The molecule has 0 spiro atoms. The number of benzene rings is 1.